The number of carbonyl (C=O) groups is 2. The van der Waals surface area contributed by atoms with E-state index < -0.39 is 0 Å². The van der Waals surface area contributed by atoms with E-state index in [2.05, 4.69) is 4.90 Å². The van der Waals surface area contributed by atoms with Gasteiger partial charge >= 0.3 is 11.9 Å². The number of fused-ring (bicyclic) bond motifs is 3. The van der Waals surface area contributed by atoms with Crippen molar-refractivity contribution in [3.05, 3.63) is 0 Å². The van der Waals surface area contributed by atoms with Crippen LogP contribution in [0.25, 0.3) is 0 Å². The van der Waals surface area contributed by atoms with Crippen molar-refractivity contribution in [2.24, 2.45) is 5.92 Å². The van der Waals surface area contributed by atoms with Crippen molar-refractivity contribution in [2.75, 3.05) is 13.1 Å². The molecule has 0 radical (unpaired) electrons. The third-order valence-electron chi connectivity index (χ3n) is 3.27. The lowest BCUT2D eigenvalue weighted by Gasteiger charge is -2.48. The number of rotatable bonds is 2. The molecule has 0 aromatic heterocycles. The van der Waals surface area contributed by atoms with Crippen LogP contribution in [0.4, 0.5) is 0 Å². The van der Waals surface area contributed by atoms with E-state index in [1.54, 1.807) is 0 Å². The summed E-state index contributed by atoms with van der Waals surface area (Å²) in [5.74, 6) is -0.302. The van der Waals surface area contributed by atoms with Crippen LogP contribution in [-0.4, -0.2) is 42.3 Å². The molecule has 0 aliphatic carbocycles. The molecule has 3 saturated heterocycles. The third-order valence-corrected chi connectivity index (χ3v) is 3.27. The van der Waals surface area contributed by atoms with Crippen LogP contribution in [0.15, 0.2) is 0 Å². The zero-order chi connectivity index (χ0) is 11.7. The van der Waals surface area contributed by atoms with Crippen molar-refractivity contribution in [2.45, 2.75) is 39.0 Å². The molecular weight excluding hydrogens is 210 g/mol. The van der Waals surface area contributed by atoms with E-state index in [0.717, 1.165) is 25.9 Å². The number of nitrogens with zero attached hydrogens (tertiary/aromatic N) is 1. The Morgan fingerprint density at radius 2 is 1.62 bits per heavy atom. The Hall–Kier alpha value is -1.10. The molecule has 3 aliphatic rings. The Morgan fingerprint density at radius 1 is 1.06 bits per heavy atom. The van der Waals surface area contributed by atoms with Gasteiger partial charge in [0.15, 0.2) is 12.3 Å². The molecule has 3 heterocycles. The van der Waals surface area contributed by atoms with Gasteiger partial charge in [0.2, 0.25) is 0 Å². The summed E-state index contributed by atoms with van der Waals surface area (Å²) in [6.45, 7) is 4.61. The van der Waals surface area contributed by atoms with Gasteiger partial charge in [-0.15, -0.1) is 0 Å². The maximum Gasteiger partial charge on any atom is 0.304 e. The largest absolute Gasteiger partial charge is 0.457 e. The topological polar surface area (TPSA) is 55.8 Å². The van der Waals surface area contributed by atoms with Crippen LogP contribution in [0.5, 0.6) is 0 Å². The second-order valence-electron chi connectivity index (χ2n) is 4.45. The Kier molecular flexibility index (Phi) is 3.14. The van der Waals surface area contributed by atoms with Gasteiger partial charge in [-0.25, -0.2) is 0 Å². The van der Waals surface area contributed by atoms with E-state index in [1.165, 1.54) is 13.8 Å². The predicted molar refractivity (Wildman–Crippen MR) is 55.4 cm³/mol. The molecule has 0 saturated carbocycles. The Labute approximate surface area is 94.7 Å². The highest BCUT2D eigenvalue weighted by atomic mass is 16.6. The summed E-state index contributed by atoms with van der Waals surface area (Å²) in [5, 5.41) is 0. The fourth-order valence-corrected chi connectivity index (χ4v) is 2.60. The summed E-state index contributed by atoms with van der Waals surface area (Å²) in [6.07, 6.45) is 1.35. The molecule has 3 aliphatic heterocycles. The van der Waals surface area contributed by atoms with E-state index in [0.29, 0.717) is 5.92 Å². The van der Waals surface area contributed by atoms with Gasteiger partial charge in [-0.2, -0.15) is 0 Å². The standard InChI is InChI=1S/C11H17NO4/c1-7(13)15-10-9-3-5-12(6-4-9)11(10)16-8(2)14/h9-11H,3-6H2,1-2H3. The fraction of sp³-hybridized carbons (Fsp3) is 0.818. The Bertz CT molecular complexity index is 266. The molecule has 0 N–H and O–H groups in total. The predicted octanol–water partition coefficient (Wildman–Crippen LogP) is 0.533. The van der Waals surface area contributed by atoms with Gasteiger partial charge in [0.25, 0.3) is 0 Å². The van der Waals surface area contributed by atoms with Crippen LogP contribution in [0.1, 0.15) is 26.7 Å². The first-order valence-corrected chi connectivity index (χ1v) is 5.66. The highest BCUT2D eigenvalue weighted by Crippen LogP contribution is 2.34. The average Bonchev–Trinajstić information content (AvgIpc) is 2.22. The molecule has 5 heteroatoms. The number of carbonyl (C=O) groups excluding carboxylic acids is 2. The average molecular weight is 227 g/mol. The number of hydrogen-bond donors (Lipinski definition) is 0. The van der Waals surface area contributed by atoms with Crippen molar-refractivity contribution in [1.29, 1.82) is 0 Å². The van der Waals surface area contributed by atoms with E-state index in [9.17, 15) is 9.59 Å². The van der Waals surface area contributed by atoms with E-state index in [-0.39, 0.29) is 24.3 Å². The highest BCUT2D eigenvalue weighted by molar-refractivity contribution is 5.67. The molecule has 5 nitrogen and oxygen atoms in total. The van der Waals surface area contributed by atoms with Gasteiger partial charge in [0.05, 0.1) is 0 Å². The van der Waals surface area contributed by atoms with Gasteiger partial charge in [0, 0.05) is 32.9 Å². The molecule has 2 unspecified atom stereocenters. The molecule has 2 atom stereocenters. The minimum atomic E-state index is -0.381. The summed E-state index contributed by atoms with van der Waals surface area (Å²) in [6, 6.07) is 0. The van der Waals surface area contributed by atoms with Crippen LogP contribution < -0.4 is 0 Å². The Morgan fingerprint density at radius 3 is 2.12 bits per heavy atom. The van der Waals surface area contributed by atoms with Crippen LogP contribution in [0.3, 0.4) is 0 Å². The first kappa shape index (κ1) is 11.4. The van der Waals surface area contributed by atoms with Gasteiger partial charge in [-0.05, 0) is 12.8 Å². The van der Waals surface area contributed by atoms with Crippen molar-refractivity contribution >= 4 is 11.9 Å². The SMILES string of the molecule is CC(=O)OC1C2CCN(CC2)C1OC(C)=O. The number of ether oxygens (including phenoxy) is 2. The highest BCUT2D eigenvalue weighted by Gasteiger charge is 2.46. The maximum atomic E-state index is 11.0. The second-order valence-corrected chi connectivity index (χ2v) is 4.45. The molecular formula is C11H17NO4. The van der Waals surface area contributed by atoms with Gasteiger partial charge in [-0.3, -0.25) is 14.5 Å². The molecule has 0 aromatic carbocycles. The van der Waals surface area contributed by atoms with Gasteiger partial charge in [0.1, 0.15) is 0 Å². The molecule has 0 spiro atoms. The number of esters is 2. The summed E-state index contributed by atoms with van der Waals surface area (Å²) in [5.41, 5.74) is 0. The van der Waals surface area contributed by atoms with E-state index >= 15 is 0 Å². The minimum absolute atomic E-state index is 0.288. The molecule has 2 bridgehead atoms. The number of hydrogen-bond acceptors (Lipinski definition) is 5. The van der Waals surface area contributed by atoms with E-state index in [1.807, 2.05) is 0 Å². The summed E-state index contributed by atoms with van der Waals surface area (Å²) >= 11 is 0. The van der Waals surface area contributed by atoms with Crippen molar-refractivity contribution in [3.8, 4) is 0 Å². The normalized spacial score (nSPS) is 36.9. The molecule has 0 aromatic rings. The first-order chi connectivity index (χ1) is 7.58. The monoisotopic (exact) mass is 227 g/mol. The zero-order valence-corrected chi connectivity index (χ0v) is 9.64. The summed E-state index contributed by atoms with van der Waals surface area (Å²) < 4.78 is 10.5. The van der Waals surface area contributed by atoms with Crippen LogP contribution >= 0.6 is 0 Å². The van der Waals surface area contributed by atoms with Gasteiger partial charge < -0.3 is 9.47 Å². The number of piperidine rings is 3. The van der Waals surface area contributed by atoms with Crippen molar-refractivity contribution < 1.29 is 19.1 Å². The third kappa shape index (κ3) is 2.19. The van der Waals surface area contributed by atoms with Crippen molar-refractivity contribution in [3.63, 3.8) is 0 Å². The lowest BCUT2D eigenvalue weighted by Crippen LogP contribution is -2.60. The van der Waals surface area contributed by atoms with Crippen LogP contribution in [0, 0.1) is 5.92 Å². The summed E-state index contributed by atoms with van der Waals surface area (Å²) in [7, 11) is 0. The molecule has 90 valence electrons. The van der Waals surface area contributed by atoms with Crippen LogP contribution in [0.2, 0.25) is 0 Å². The Balaban J connectivity index is 2.10. The quantitative estimate of drug-likeness (QED) is 0.644. The van der Waals surface area contributed by atoms with Gasteiger partial charge in [-0.1, -0.05) is 0 Å². The van der Waals surface area contributed by atoms with Crippen LogP contribution in [-0.2, 0) is 19.1 Å². The molecule has 3 rings (SSSR count). The molecule has 16 heavy (non-hydrogen) atoms. The zero-order valence-electron chi connectivity index (χ0n) is 9.64. The minimum Gasteiger partial charge on any atom is -0.457 e. The maximum absolute atomic E-state index is 11.0. The molecule has 0 amide bonds. The first-order valence-electron chi connectivity index (χ1n) is 5.66. The fourth-order valence-electron chi connectivity index (χ4n) is 2.60. The lowest BCUT2D eigenvalue weighted by atomic mass is 9.84. The summed E-state index contributed by atoms with van der Waals surface area (Å²) in [4.78, 5) is 24.1. The molecule has 3 fully saturated rings. The smallest absolute Gasteiger partial charge is 0.304 e. The van der Waals surface area contributed by atoms with E-state index in [4.69, 9.17) is 9.47 Å². The lowest BCUT2D eigenvalue weighted by molar-refractivity contribution is -0.211. The van der Waals surface area contributed by atoms with Crippen molar-refractivity contribution in [1.82, 2.24) is 4.90 Å². The second kappa shape index (κ2) is 4.41.